The minimum absolute atomic E-state index is 0.147. The first-order valence-corrected chi connectivity index (χ1v) is 10.6. The van der Waals surface area contributed by atoms with Gasteiger partial charge >= 0.3 is 0 Å². The van der Waals surface area contributed by atoms with Crippen molar-refractivity contribution in [1.82, 2.24) is 20.8 Å². The van der Waals surface area contributed by atoms with Crippen molar-refractivity contribution in [3.63, 3.8) is 0 Å². The highest BCUT2D eigenvalue weighted by atomic mass is 32.2. The van der Waals surface area contributed by atoms with Crippen molar-refractivity contribution in [3.8, 4) is 0 Å². The lowest BCUT2D eigenvalue weighted by Gasteiger charge is -2.18. The predicted octanol–water partition coefficient (Wildman–Crippen LogP) is 2.84. The molecule has 1 atom stereocenters. The second kappa shape index (κ2) is 9.73. The van der Waals surface area contributed by atoms with Crippen LogP contribution >= 0.6 is 11.8 Å². The van der Waals surface area contributed by atoms with E-state index >= 15 is 0 Å². The van der Waals surface area contributed by atoms with Gasteiger partial charge in [-0.15, -0.1) is 0 Å². The van der Waals surface area contributed by atoms with Gasteiger partial charge in [0.1, 0.15) is 6.04 Å². The number of carbonyl (C=O) groups is 2. The fourth-order valence-corrected chi connectivity index (χ4v) is 2.92. The van der Waals surface area contributed by atoms with E-state index < -0.39 is 6.04 Å². The zero-order chi connectivity index (χ0) is 20.7. The van der Waals surface area contributed by atoms with Crippen LogP contribution in [0.5, 0.6) is 0 Å². The molecule has 2 N–H and O–H groups in total. The molecule has 0 spiro atoms. The second-order valence-electron chi connectivity index (χ2n) is 7.66. The highest BCUT2D eigenvalue weighted by molar-refractivity contribution is 7.98. The van der Waals surface area contributed by atoms with E-state index in [4.69, 9.17) is 4.52 Å². The number of benzene rings is 1. The van der Waals surface area contributed by atoms with Crippen LogP contribution in [0.1, 0.15) is 54.8 Å². The monoisotopic (exact) mass is 404 g/mol. The smallest absolute Gasteiger partial charge is 0.251 e. The quantitative estimate of drug-likeness (QED) is 0.702. The van der Waals surface area contributed by atoms with Crippen molar-refractivity contribution in [2.75, 3.05) is 12.0 Å². The highest BCUT2D eigenvalue weighted by Crippen LogP contribution is 2.19. The minimum atomic E-state index is -0.630. The molecule has 1 heterocycles. The fraction of sp³-hybridized carbons (Fsp3) is 0.500. The second-order valence-corrected chi connectivity index (χ2v) is 8.65. The lowest BCUT2D eigenvalue weighted by molar-refractivity contribution is -0.123. The van der Waals surface area contributed by atoms with Gasteiger partial charge in [-0.05, 0) is 37.5 Å². The number of thioether (sulfide) groups is 1. The summed E-state index contributed by atoms with van der Waals surface area (Å²) in [7, 11) is 0. The van der Waals surface area contributed by atoms with Crippen LogP contribution < -0.4 is 10.6 Å². The summed E-state index contributed by atoms with van der Waals surface area (Å²) in [6.07, 6.45) is 2.49. The van der Waals surface area contributed by atoms with Gasteiger partial charge in [0.25, 0.3) is 5.91 Å². The molecule has 152 valence electrons. The van der Waals surface area contributed by atoms with E-state index in [2.05, 4.69) is 20.8 Å². The summed E-state index contributed by atoms with van der Waals surface area (Å²) in [5.41, 5.74) is 1.28. The Kier molecular flexibility index (Phi) is 7.62. The van der Waals surface area contributed by atoms with E-state index in [1.54, 1.807) is 23.9 Å². The minimum Gasteiger partial charge on any atom is -0.347 e. The summed E-state index contributed by atoms with van der Waals surface area (Å²) in [4.78, 5) is 29.5. The van der Waals surface area contributed by atoms with Gasteiger partial charge in [0.2, 0.25) is 11.8 Å². The number of nitrogens with zero attached hydrogens (tertiary/aromatic N) is 2. The van der Waals surface area contributed by atoms with Gasteiger partial charge in [-0.1, -0.05) is 43.6 Å². The number of hydrogen-bond donors (Lipinski definition) is 2. The summed E-state index contributed by atoms with van der Waals surface area (Å²) in [5.74, 6) is 1.15. The van der Waals surface area contributed by atoms with Crippen molar-refractivity contribution in [3.05, 3.63) is 47.1 Å². The lowest BCUT2D eigenvalue weighted by atomic mass is 9.97. The van der Waals surface area contributed by atoms with Gasteiger partial charge in [0, 0.05) is 11.0 Å². The topological polar surface area (TPSA) is 97.1 Å². The maximum absolute atomic E-state index is 12.6. The number of rotatable bonds is 8. The SMILES string of the molecule is CSCCC(NC(=O)c1cccc(C)c1)C(=O)NCc1noc(C(C)(C)C)n1. The molecule has 2 amide bonds. The number of hydrogen-bond acceptors (Lipinski definition) is 6. The van der Waals surface area contributed by atoms with Crippen LogP contribution in [0, 0.1) is 6.92 Å². The first-order chi connectivity index (χ1) is 13.2. The average molecular weight is 405 g/mol. The van der Waals surface area contributed by atoms with Crippen LogP contribution in [-0.2, 0) is 16.8 Å². The van der Waals surface area contributed by atoms with E-state index in [0.29, 0.717) is 23.7 Å². The molecule has 1 aromatic heterocycles. The third kappa shape index (κ3) is 6.37. The van der Waals surface area contributed by atoms with Crippen molar-refractivity contribution >= 4 is 23.6 Å². The number of amides is 2. The van der Waals surface area contributed by atoms with Crippen molar-refractivity contribution in [2.24, 2.45) is 0 Å². The molecule has 0 bridgehead atoms. The van der Waals surface area contributed by atoms with Gasteiger partial charge in [-0.25, -0.2) is 0 Å². The van der Waals surface area contributed by atoms with Crippen LogP contribution in [0.4, 0.5) is 0 Å². The summed E-state index contributed by atoms with van der Waals surface area (Å²) >= 11 is 1.62. The Labute approximate surface area is 170 Å². The van der Waals surface area contributed by atoms with Crippen LogP contribution in [0.15, 0.2) is 28.8 Å². The zero-order valence-electron chi connectivity index (χ0n) is 17.0. The number of carbonyl (C=O) groups excluding carboxylic acids is 2. The van der Waals surface area contributed by atoms with Gasteiger partial charge in [-0.2, -0.15) is 16.7 Å². The molecule has 28 heavy (non-hydrogen) atoms. The number of nitrogens with one attached hydrogen (secondary N) is 2. The van der Waals surface area contributed by atoms with E-state index in [9.17, 15) is 9.59 Å². The van der Waals surface area contributed by atoms with E-state index in [-0.39, 0.29) is 23.8 Å². The van der Waals surface area contributed by atoms with Crippen LogP contribution in [-0.4, -0.2) is 40.0 Å². The zero-order valence-corrected chi connectivity index (χ0v) is 17.9. The molecule has 2 rings (SSSR count). The molecule has 1 unspecified atom stereocenters. The Bertz CT molecular complexity index is 814. The summed E-state index contributed by atoms with van der Waals surface area (Å²) in [6.45, 7) is 7.99. The molecule has 7 nitrogen and oxygen atoms in total. The molecule has 0 saturated carbocycles. The molecule has 8 heteroatoms. The van der Waals surface area contributed by atoms with Crippen molar-refractivity contribution < 1.29 is 14.1 Å². The lowest BCUT2D eigenvalue weighted by Crippen LogP contribution is -2.47. The molecule has 2 aromatic rings. The van der Waals surface area contributed by atoms with Crippen molar-refractivity contribution in [2.45, 2.75) is 52.1 Å². The largest absolute Gasteiger partial charge is 0.347 e. The maximum atomic E-state index is 12.6. The Morgan fingerprint density at radius 1 is 1.29 bits per heavy atom. The van der Waals surface area contributed by atoms with E-state index in [1.807, 2.05) is 46.1 Å². The normalized spacial score (nSPS) is 12.5. The molecule has 0 saturated heterocycles. The fourth-order valence-electron chi connectivity index (χ4n) is 2.45. The first kappa shape index (κ1) is 21.9. The highest BCUT2D eigenvalue weighted by Gasteiger charge is 2.24. The van der Waals surface area contributed by atoms with Crippen LogP contribution in [0.2, 0.25) is 0 Å². The molecular weight excluding hydrogens is 376 g/mol. The third-order valence-electron chi connectivity index (χ3n) is 4.04. The molecule has 0 aliphatic heterocycles. The van der Waals surface area contributed by atoms with Gasteiger partial charge in [0.15, 0.2) is 5.82 Å². The Morgan fingerprint density at radius 2 is 2.04 bits per heavy atom. The molecule has 1 aromatic carbocycles. The Hall–Kier alpha value is -2.35. The molecule has 0 radical (unpaired) electrons. The van der Waals surface area contributed by atoms with Gasteiger partial charge in [0.05, 0.1) is 6.54 Å². The molecule has 0 aliphatic carbocycles. The molecular formula is C20H28N4O3S. The number of aromatic nitrogens is 2. The molecule has 0 fully saturated rings. The maximum Gasteiger partial charge on any atom is 0.251 e. The predicted molar refractivity (Wildman–Crippen MR) is 110 cm³/mol. The van der Waals surface area contributed by atoms with Gasteiger partial charge < -0.3 is 15.2 Å². The summed E-state index contributed by atoms with van der Waals surface area (Å²) in [5, 5.41) is 9.53. The Morgan fingerprint density at radius 3 is 2.64 bits per heavy atom. The third-order valence-corrected chi connectivity index (χ3v) is 4.69. The van der Waals surface area contributed by atoms with E-state index in [0.717, 1.165) is 11.3 Å². The summed E-state index contributed by atoms with van der Waals surface area (Å²) < 4.78 is 5.23. The van der Waals surface area contributed by atoms with Crippen LogP contribution in [0.3, 0.4) is 0 Å². The molecule has 0 aliphatic rings. The standard InChI is InChI=1S/C20H28N4O3S/c1-13-7-6-8-14(11-13)17(25)22-15(9-10-28-5)18(26)21-12-16-23-19(27-24-16)20(2,3)4/h6-8,11,15H,9-10,12H2,1-5H3,(H,21,26)(H,22,25). The van der Waals surface area contributed by atoms with Crippen LogP contribution in [0.25, 0.3) is 0 Å². The van der Waals surface area contributed by atoms with E-state index in [1.165, 1.54) is 0 Å². The first-order valence-electron chi connectivity index (χ1n) is 9.18. The van der Waals surface area contributed by atoms with Crippen molar-refractivity contribution in [1.29, 1.82) is 0 Å². The summed E-state index contributed by atoms with van der Waals surface area (Å²) in [6, 6.07) is 6.65. The Balaban J connectivity index is 2.00. The number of aryl methyl sites for hydroxylation is 1. The average Bonchev–Trinajstić information content (AvgIpc) is 3.12. The van der Waals surface area contributed by atoms with Gasteiger partial charge in [-0.3, -0.25) is 9.59 Å².